The van der Waals surface area contributed by atoms with Crippen molar-refractivity contribution in [2.45, 2.75) is 39.5 Å². The number of unbranched alkanes of at least 4 members (excludes halogenated alkanes) is 1. The lowest BCUT2D eigenvalue weighted by Gasteiger charge is -2.11. The average molecular weight is 375 g/mol. The molecule has 2 aromatic rings. The fourth-order valence-electron chi connectivity index (χ4n) is 2.36. The molecule has 0 aliphatic carbocycles. The number of thiophene rings is 1. The zero-order chi connectivity index (χ0) is 18.8. The lowest BCUT2D eigenvalue weighted by Crippen LogP contribution is -2.25. The first-order valence-electron chi connectivity index (χ1n) is 8.94. The molecule has 5 nitrogen and oxygen atoms in total. The Kier molecular flexibility index (Phi) is 8.15. The van der Waals surface area contributed by atoms with Gasteiger partial charge in [0.05, 0.1) is 6.61 Å². The Morgan fingerprint density at radius 3 is 2.73 bits per heavy atom. The summed E-state index contributed by atoms with van der Waals surface area (Å²) < 4.78 is 5.67. The van der Waals surface area contributed by atoms with Crippen molar-refractivity contribution in [2.75, 3.05) is 18.5 Å². The molecule has 1 aromatic carbocycles. The summed E-state index contributed by atoms with van der Waals surface area (Å²) in [5.74, 6) is 0.670. The number of rotatable bonds is 10. The summed E-state index contributed by atoms with van der Waals surface area (Å²) in [7, 11) is 0. The van der Waals surface area contributed by atoms with Crippen molar-refractivity contribution >= 4 is 28.8 Å². The minimum absolute atomic E-state index is 0.0578. The standard InChI is InChI=1S/C20H26N2O3S/c1-3-4-11-25-17-7-8-18(15(2)13-17)22-19(23)6-5-10-21-20(24)16-9-12-26-14-16/h7-9,12-14H,3-6,10-11H2,1-2H3,(H,21,24)(H,22,23). The average Bonchev–Trinajstić information content (AvgIpc) is 3.16. The molecule has 0 aliphatic rings. The zero-order valence-electron chi connectivity index (χ0n) is 15.3. The first-order valence-corrected chi connectivity index (χ1v) is 9.88. The molecule has 1 aromatic heterocycles. The van der Waals surface area contributed by atoms with Crippen molar-refractivity contribution in [1.29, 1.82) is 0 Å². The minimum Gasteiger partial charge on any atom is -0.494 e. The Morgan fingerprint density at radius 2 is 2.04 bits per heavy atom. The van der Waals surface area contributed by atoms with Crippen LogP contribution in [-0.4, -0.2) is 25.0 Å². The third-order valence-corrected chi connectivity index (χ3v) is 4.57. The van der Waals surface area contributed by atoms with Crippen molar-refractivity contribution in [3.63, 3.8) is 0 Å². The van der Waals surface area contributed by atoms with Gasteiger partial charge in [-0.05, 0) is 55.0 Å². The fraction of sp³-hybridized carbons (Fsp3) is 0.400. The number of aryl methyl sites for hydroxylation is 1. The van der Waals surface area contributed by atoms with Crippen LogP contribution in [0.5, 0.6) is 5.75 Å². The first kappa shape index (κ1) is 20.0. The third-order valence-electron chi connectivity index (χ3n) is 3.89. The number of carbonyl (C=O) groups excluding carboxylic acids is 2. The maximum absolute atomic E-state index is 12.1. The molecule has 0 aliphatic heterocycles. The number of amides is 2. The van der Waals surface area contributed by atoms with Gasteiger partial charge in [-0.2, -0.15) is 11.3 Å². The highest BCUT2D eigenvalue weighted by atomic mass is 32.1. The van der Waals surface area contributed by atoms with Crippen LogP contribution in [0.1, 0.15) is 48.5 Å². The Balaban J connectivity index is 1.71. The smallest absolute Gasteiger partial charge is 0.252 e. The maximum Gasteiger partial charge on any atom is 0.252 e. The maximum atomic E-state index is 12.1. The van der Waals surface area contributed by atoms with E-state index in [1.165, 1.54) is 11.3 Å². The van der Waals surface area contributed by atoms with E-state index in [0.29, 0.717) is 31.6 Å². The van der Waals surface area contributed by atoms with Crippen molar-refractivity contribution < 1.29 is 14.3 Å². The van der Waals surface area contributed by atoms with Gasteiger partial charge in [0.2, 0.25) is 5.91 Å². The SMILES string of the molecule is CCCCOc1ccc(NC(=O)CCCNC(=O)c2ccsc2)c(C)c1. The van der Waals surface area contributed by atoms with Crippen LogP contribution in [0, 0.1) is 6.92 Å². The monoisotopic (exact) mass is 374 g/mol. The molecule has 2 rings (SSSR count). The van der Waals surface area contributed by atoms with Crippen molar-refractivity contribution in [1.82, 2.24) is 5.32 Å². The molecule has 2 amide bonds. The molecular weight excluding hydrogens is 348 g/mol. The molecule has 0 saturated carbocycles. The van der Waals surface area contributed by atoms with Gasteiger partial charge in [0.25, 0.3) is 5.91 Å². The zero-order valence-corrected chi connectivity index (χ0v) is 16.2. The molecular formula is C20H26N2O3S. The second-order valence-corrected chi connectivity index (χ2v) is 6.88. The van der Waals surface area contributed by atoms with Gasteiger partial charge in [-0.1, -0.05) is 13.3 Å². The topological polar surface area (TPSA) is 67.4 Å². The first-order chi connectivity index (χ1) is 12.6. The third kappa shape index (κ3) is 6.52. The van der Waals surface area contributed by atoms with Crippen LogP contribution in [0.15, 0.2) is 35.0 Å². The molecule has 1 heterocycles. The Hall–Kier alpha value is -2.34. The largest absolute Gasteiger partial charge is 0.494 e. The predicted molar refractivity (Wildman–Crippen MR) is 106 cm³/mol. The van der Waals surface area contributed by atoms with E-state index < -0.39 is 0 Å². The number of carbonyl (C=O) groups is 2. The van der Waals surface area contributed by atoms with Crippen LogP contribution in [0.3, 0.4) is 0 Å². The van der Waals surface area contributed by atoms with Gasteiger partial charge in [0.1, 0.15) is 5.75 Å². The minimum atomic E-state index is -0.0961. The van der Waals surface area contributed by atoms with Gasteiger partial charge in [-0.3, -0.25) is 9.59 Å². The molecule has 2 N–H and O–H groups in total. The van der Waals surface area contributed by atoms with E-state index >= 15 is 0 Å². The lowest BCUT2D eigenvalue weighted by atomic mass is 10.2. The lowest BCUT2D eigenvalue weighted by molar-refractivity contribution is -0.116. The van der Waals surface area contributed by atoms with Crippen LogP contribution < -0.4 is 15.4 Å². The van der Waals surface area contributed by atoms with E-state index in [-0.39, 0.29) is 11.8 Å². The fourth-order valence-corrected chi connectivity index (χ4v) is 3.00. The Labute approximate surface area is 158 Å². The van der Waals surface area contributed by atoms with Crippen LogP contribution in [0.25, 0.3) is 0 Å². The van der Waals surface area contributed by atoms with Crippen LogP contribution in [-0.2, 0) is 4.79 Å². The summed E-state index contributed by atoms with van der Waals surface area (Å²) in [6, 6.07) is 7.46. The molecule has 0 atom stereocenters. The molecule has 0 fully saturated rings. The van der Waals surface area contributed by atoms with Gasteiger partial charge in [0, 0.05) is 29.6 Å². The highest BCUT2D eigenvalue weighted by Gasteiger charge is 2.08. The van der Waals surface area contributed by atoms with Gasteiger partial charge in [0.15, 0.2) is 0 Å². The molecule has 0 radical (unpaired) electrons. The van der Waals surface area contributed by atoms with E-state index in [9.17, 15) is 9.59 Å². The second kappa shape index (κ2) is 10.6. The van der Waals surface area contributed by atoms with Gasteiger partial charge in [-0.25, -0.2) is 0 Å². The van der Waals surface area contributed by atoms with E-state index in [1.54, 1.807) is 11.4 Å². The van der Waals surface area contributed by atoms with Crippen LogP contribution in [0.4, 0.5) is 5.69 Å². The summed E-state index contributed by atoms with van der Waals surface area (Å²) in [6.07, 6.45) is 3.08. The Bertz CT molecular complexity index is 714. The van der Waals surface area contributed by atoms with E-state index in [2.05, 4.69) is 17.6 Å². The summed E-state index contributed by atoms with van der Waals surface area (Å²) >= 11 is 1.49. The van der Waals surface area contributed by atoms with Crippen molar-refractivity contribution in [3.8, 4) is 5.75 Å². The molecule has 0 spiro atoms. The Morgan fingerprint density at radius 1 is 1.19 bits per heavy atom. The van der Waals surface area contributed by atoms with Crippen LogP contribution >= 0.6 is 11.3 Å². The molecule has 0 unspecified atom stereocenters. The molecule has 140 valence electrons. The van der Waals surface area contributed by atoms with Gasteiger partial charge in [-0.15, -0.1) is 0 Å². The number of hydrogen-bond donors (Lipinski definition) is 2. The quantitative estimate of drug-likeness (QED) is 0.606. The molecule has 26 heavy (non-hydrogen) atoms. The molecule has 6 heteroatoms. The summed E-state index contributed by atoms with van der Waals surface area (Å²) in [6.45, 7) is 5.26. The van der Waals surface area contributed by atoms with Crippen molar-refractivity contribution in [3.05, 3.63) is 46.2 Å². The number of anilines is 1. The van der Waals surface area contributed by atoms with E-state index in [0.717, 1.165) is 29.8 Å². The number of benzene rings is 1. The molecule has 0 saturated heterocycles. The van der Waals surface area contributed by atoms with Gasteiger partial charge >= 0.3 is 0 Å². The normalized spacial score (nSPS) is 10.4. The second-order valence-electron chi connectivity index (χ2n) is 6.10. The summed E-state index contributed by atoms with van der Waals surface area (Å²) in [5, 5.41) is 9.41. The highest BCUT2D eigenvalue weighted by Crippen LogP contribution is 2.21. The van der Waals surface area contributed by atoms with E-state index in [1.807, 2.05) is 30.5 Å². The number of nitrogens with one attached hydrogen (secondary N) is 2. The van der Waals surface area contributed by atoms with E-state index in [4.69, 9.17) is 4.74 Å². The van der Waals surface area contributed by atoms with Crippen LogP contribution in [0.2, 0.25) is 0 Å². The number of ether oxygens (including phenoxy) is 1. The predicted octanol–water partition coefficient (Wildman–Crippen LogP) is 4.38. The number of hydrogen-bond acceptors (Lipinski definition) is 4. The summed E-state index contributed by atoms with van der Waals surface area (Å²) in [5.41, 5.74) is 2.43. The molecule has 0 bridgehead atoms. The summed E-state index contributed by atoms with van der Waals surface area (Å²) in [4.78, 5) is 23.9. The van der Waals surface area contributed by atoms with Gasteiger partial charge < -0.3 is 15.4 Å². The van der Waals surface area contributed by atoms with Crippen molar-refractivity contribution in [2.24, 2.45) is 0 Å². The highest BCUT2D eigenvalue weighted by molar-refractivity contribution is 7.08.